The predicted molar refractivity (Wildman–Crippen MR) is 80.3 cm³/mol. The summed E-state index contributed by atoms with van der Waals surface area (Å²) in [5.74, 6) is 0. The molecule has 3 heteroatoms. The molecule has 104 valence electrons. The summed E-state index contributed by atoms with van der Waals surface area (Å²) < 4.78 is 2.27. The Balaban J connectivity index is 2.03. The van der Waals surface area contributed by atoms with Crippen molar-refractivity contribution in [2.24, 2.45) is 0 Å². The smallest absolute Gasteiger partial charge is 0.0480 e. The molecule has 0 fully saturated rings. The molecule has 0 unspecified atom stereocenters. The molecule has 2 rings (SSSR count). The SMILES string of the molecule is CCCNCc1ccc2c(ccn2CCCCO)c1. The standard InChI is InChI=1S/C16H24N2O/c1-2-8-17-13-14-5-6-16-15(12-14)7-10-18(16)9-3-4-11-19/h5-7,10,12,17,19H,2-4,8-9,11,13H2,1H3. The lowest BCUT2D eigenvalue weighted by Gasteiger charge is -2.06. The number of aliphatic hydroxyl groups is 1. The van der Waals surface area contributed by atoms with Crippen molar-refractivity contribution in [2.45, 2.75) is 39.3 Å². The lowest BCUT2D eigenvalue weighted by Crippen LogP contribution is -2.13. The van der Waals surface area contributed by atoms with Crippen LogP contribution in [0.5, 0.6) is 0 Å². The minimum absolute atomic E-state index is 0.284. The molecule has 19 heavy (non-hydrogen) atoms. The van der Waals surface area contributed by atoms with E-state index in [4.69, 9.17) is 5.11 Å². The van der Waals surface area contributed by atoms with Crippen LogP contribution in [-0.2, 0) is 13.1 Å². The molecule has 1 heterocycles. The number of unbranched alkanes of at least 4 members (excludes halogenated alkanes) is 1. The Morgan fingerprint density at radius 2 is 2.11 bits per heavy atom. The summed E-state index contributed by atoms with van der Waals surface area (Å²) in [4.78, 5) is 0. The van der Waals surface area contributed by atoms with Crippen molar-refractivity contribution in [3.05, 3.63) is 36.0 Å². The van der Waals surface area contributed by atoms with Crippen LogP contribution in [0.1, 0.15) is 31.7 Å². The second kappa shape index (κ2) is 7.31. The van der Waals surface area contributed by atoms with Crippen molar-refractivity contribution in [3.8, 4) is 0 Å². The Kier molecular flexibility index (Phi) is 5.43. The number of nitrogens with one attached hydrogen (secondary N) is 1. The number of rotatable bonds is 8. The van der Waals surface area contributed by atoms with Crippen molar-refractivity contribution in [1.82, 2.24) is 9.88 Å². The van der Waals surface area contributed by atoms with Gasteiger partial charge in [-0.2, -0.15) is 0 Å². The van der Waals surface area contributed by atoms with Crippen LogP contribution in [0.25, 0.3) is 10.9 Å². The fraction of sp³-hybridized carbons (Fsp3) is 0.500. The number of aryl methyl sites for hydroxylation is 1. The summed E-state index contributed by atoms with van der Waals surface area (Å²) >= 11 is 0. The average Bonchev–Trinajstić information content (AvgIpc) is 2.82. The maximum absolute atomic E-state index is 8.83. The number of aliphatic hydroxyl groups excluding tert-OH is 1. The molecule has 0 aliphatic heterocycles. The van der Waals surface area contributed by atoms with Gasteiger partial charge in [-0.05, 0) is 55.0 Å². The van der Waals surface area contributed by atoms with Crippen LogP contribution in [0.2, 0.25) is 0 Å². The lowest BCUT2D eigenvalue weighted by atomic mass is 10.1. The average molecular weight is 260 g/mol. The molecule has 0 spiro atoms. The van der Waals surface area contributed by atoms with Crippen molar-refractivity contribution < 1.29 is 5.11 Å². The van der Waals surface area contributed by atoms with Crippen LogP contribution in [0.3, 0.4) is 0 Å². The third kappa shape index (κ3) is 3.82. The predicted octanol–water partition coefficient (Wildman–Crippen LogP) is 2.91. The zero-order valence-corrected chi connectivity index (χ0v) is 11.7. The number of benzene rings is 1. The lowest BCUT2D eigenvalue weighted by molar-refractivity contribution is 0.281. The first-order valence-electron chi connectivity index (χ1n) is 7.24. The van der Waals surface area contributed by atoms with E-state index in [9.17, 15) is 0 Å². The van der Waals surface area contributed by atoms with Gasteiger partial charge in [0.2, 0.25) is 0 Å². The summed E-state index contributed by atoms with van der Waals surface area (Å²) in [5, 5.41) is 13.6. The molecule has 0 aliphatic carbocycles. The van der Waals surface area contributed by atoms with Crippen LogP contribution >= 0.6 is 0 Å². The fourth-order valence-electron chi connectivity index (χ4n) is 2.36. The molecular weight excluding hydrogens is 236 g/mol. The number of aromatic nitrogens is 1. The van der Waals surface area contributed by atoms with E-state index in [1.54, 1.807) is 0 Å². The Morgan fingerprint density at radius 3 is 2.89 bits per heavy atom. The minimum atomic E-state index is 0.284. The fourth-order valence-corrected chi connectivity index (χ4v) is 2.36. The van der Waals surface area contributed by atoms with Gasteiger partial charge in [0.05, 0.1) is 0 Å². The summed E-state index contributed by atoms with van der Waals surface area (Å²) in [6.45, 7) is 5.46. The first-order valence-corrected chi connectivity index (χ1v) is 7.24. The molecule has 0 saturated carbocycles. The van der Waals surface area contributed by atoms with Crippen molar-refractivity contribution in [2.75, 3.05) is 13.2 Å². The van der Waals surface area contributed by atoms with Crippen LogP contribution in [0, 0.1) is 0 Å². The second-order valence-electron chi connectivity index (χ2n) is 5.01. The molecule has 1 aromatic carbocycles. The molecule has 1 aromatic heterocycles. The topological polar surface area (TPSA) is 37.2 Å². The van der Waals surface area contributed by atoms with Gasteiger partial charge >= 0.3 is 0 Å². The molecule has 2 aromatic rings. The van der Waals surface area contributed by atoms with Gasteiger partial charge in [0.15, 0.2) is 0 Å². The van der Waals surface area contributed by atoms with Crippen LogP contribution < -0.4 is 5.32 Å². The van der Waals surface area contributed by atoms with Gasteiger partial charge in [-0.15, -0.1) is 0 Å². The van der Waals surface area contributed by atoms with E-state index in [0.29, 0.717) is 0 Å². The number of fused-ring (bicyclic) bond motifs is 1. The Bertz CT molecular complexity index is 504. The highest BCUT2D eigenvalue weighted by molar-refractivity contribution is 5.80. The highest BCUT2D eigenvalue weighted by atomic mass is 16.2. The van der Waals surface area contributed by atoms with E-state index in [0.717, 1.165) is 32.5 Å². The van der Waals surface area contributed by atoms with Crippen LogP contribution in [-0.4, -0.2) is 22.8 Å². The zero-order valence-electron chi connectivity index (χ0n) is 11.7. The molecular formula is C16H24N2O. The second-order valence-corrected chi connectivity index (χ2v) is 5.01. The highest BCUT2D eigenvalue weighted by Crippen LogP contribution is 2.18. The normalized spacial score (nSPS) is 11.3. The molecule has 3 nitrogen and oxygen atoms in total. The van der Waals surface area contributed by atoms with Gasteiger partial charge in [-0.25, -0.2) is 0 Å². The summed E-state index contributed by atoms with van der Waals surface area (Å²) in [7, 11) is 0. The van der Waals surface area contributed by atoms with Gasteiger partial charge in [0, 0.05) is 31.4 Å². The third-order valence-corrected chi connectivity index (χ3v) is 3.40. The number of hydrogen-bond donors (Lipinski definition) is 2. The summed E-state index contributed by atoms with van der Waals surface area (Å²) in [6, 6.07) is 8.85. The first kappa shape index (κ1) is 14.1. The quantitative estimate of drug-likeness (QED) is 0.716. The Morgan fingerprint density at radius 1 is 1.21 bits per heavy atom. The van der Waals surface area contributed by atoms with E-state index >= 15 is 0 Å². The van der Waals surface area contributed by atoms with E-state index < -0.39 is 0 Å². The van der Waals surface area contributed by atoms with Crippen LogP contribution in [0.15, 0.2) is 30.5 Å². The monoisotopic (exact) mass is 260 g/mol. The maximum Gasteiger partial charge on any atom is 0.0480 e. The molecule has 0 amide bonds. The van der Waals surface area contributed by atoms with Gasteiger partial charge in [-0.1, -0.05) is 13.0 Å². The van der Waals surface area contributed by atoms with Gasteiger partial charge in [0.25, 0.3) is 0 Å². The van der Waals surface area contributed by atoms with E-state index in [-0.39, 0.29) is 6.61 Å². The molecule has 0 atom stereocenters. The number of nitrogens with zero attached hydrogens (tertiary/aromatic N) is 1. The van der Waals surface area contributed by atoms with Gasteiger partial charge in [0.1, 0.15) is 0 Å². The van der Waals surface area contributed by atoms with E-state index in [1.807, 2.05) is 0 Å². The van der Waals surface area contributed by atoms with Gasteiger partial charge < -0.3 is 15.0 Å². The van der Waals surface area contributed by atoms with Crippen molar-refractivity contribution in [1.29, 1.82) is 0 Å². The van der Waals surface area contributed by atoms with Gasteiger partial charge in [-0.3, -0.25) is 0 Å². The van der Waals surface area contributed by atoms with Crippen LogP contribution in [0.4, 0.5) is 0 Å². The van der Waals surface area contributed by atoms with E-state index in [2.05, 4.69) is 47.3 Å². The van der Waals surface area contributed by atoms with Crippen molar-refractivity contribution >= 4 is 10.9 Å². The maximum atomic E-state index is 8.83. The largest absolute Gasteiger partial charge is 0.396 e. The van der Waals surface area contributed by atoms with E-state index in [1.165, 1.54) is 22.9 Å². The molecule has 0 aliphatic rings. The zero-order chi connectivity index (χ0) is 13.5. The highest BCUT2D eigenvalue weighted by Gasteiger charge is 2.02. The number of hydrogen-bond acceptors (Lipinski definition) is 2. The molecule has 0 radical (unpaired) electrons. The Labute approximate surface area is 115 Å². The minimum Gasteiger partial charge on any atom is -0.396 e. The molecule has 0 saturated heterocycles. The molecule has 2 N–H and O–H groups in total. The Hall–Kier alpha value is -1.32. The third-order valence-electron chi connectivity index (χ3n) is 3.40. The summed E-state index contributed by atoms with van der Waals surface area (Å²) in [6.07, 6.45) is 5.22. The van der Waals surface area contributed by atoms with Crippen molar-refractivity contribution in [3.63, 3.8) is 0 Å². The molecule has 0 bridgehead atoms. The first-order chi connectivity index (χ1) is 9.35. The summed E-state index contributed by atoms with van der Waals surface area (Å²) in [5.41, 5.74) is 2.63.